The molecule has 0 unspecified atom stereocenters. The summed E-state index contributed by atoms with van der Waals surface area (Å²) in [5.41, 5.74) is 0.147. The van der Waals surface area contributed by atoms with E-state index in [-0.39, 0.29) is 18.1 Å². The Morgan fingerprint density at radius 1 is 1.69 bits per heavy atom. The maximum atomic E-state index is 12.2. The van der Waals surface area contributed by atoms with Crippen molar-refractivity contribution in [3.8, 4) is 0 Å². The number of halogens is 3. The summed E-state index contributed by atoms with van der Waals surface area (Å²) in [5, 5.41) is 0. The number of rotatable bonds is 5. The zero-order valence-electron chi connectivity index (χ0n) is 8.74. The molecule has 7 heteroatoms. The highest BCUT2D eigenvalue weighted by atomic mass is 35.5. The molecule has 0 fully saturated rings. The molecule has 0 aliphatic carbocycles. The Morgan fingerprint density at radius 2 is 2.38 bits per heavy atom. The molecule has 1 aromatic heterocycles. The number of carbonyl (C=O) groups is 1. The van der Waals surface area contributed by atoms with Crippen LogP contribution in [0.3, 0.4) is 0 Å². The van der Waals surface area contributed by atoms with E-state index in [0.717, 1.165) is 4.90 Å². The summed E-state index contributed by atoms with van der Waals surface area (Å²) < 4.78 is 26.0. The Labute approximate surface area is 96.8 Å². The predicted molar refractivity (Wildman–Crippen MR) is 55.8 cm³/mol. The summed E-state index contributed by atoms with van der Waals surface area (Å²) in [6.45, 7) is -0.538. The molecule has 16 heavy (non-hydrogen) atoms. The number of hydrogen-bond donors (Lipinski definition) is 0. The normalized spacial score (nSPS) is 10.8. The lowest BCUT2D eigenvalue weighted by Gasteiger charge is -2.19. The third kappa shape index (κ3) is 3.44. The molecule has 0 bridgehead atoms. The summed E-state index contributed by atoms with van der Waals surface area (Å²) in [6.07, 6.45) is 0.347. The lowest BCUT2D eigenvalue weighted by molar-refractivity contribution is 0.0566. The molecule has 0 aromatic carbocycles. The number of hydrogen-bond acceptors (Lipinski definition) is 2. The van der Waals surface area contributed by atoms with Gasteiger partial charge in [0.2, 0.25) is 0 Å². The summed E-state index contributed by atoms with van der Waals surface area (Å²) >= 11 is 5.45. The monoisotopic (exact) mass is 251 g/mol. The van der Waals surface area contributed by atoms with Gasteiger partial charge in [-0.15, -0.1) is 11.6 Å². The Hall–Kier alpha value is -1.17. The summed E-state index contributed by atoms with van der Waals surface area (Å²) in [7, 11) is 1.70. The number of nitrogens with zero attached hydrogens (tertiary/aromatic N) is 3. The van der Waals surface area contributed by atoms with Gasteiger partial charge in [0.1, 0.15) is 5.69 Å². The van der Waals surface area contributed by atoms with E-state index in [0.29, 0.717) is 0 Å². The topological polar surface area (TPSA) is 38.1 Å². The van der Waals surface area contributed by atoms with E-state index >= 15 is 0 Å². The Morgan fingerprint density at radius 3 is 2.81 bits per heavy atom. The van der Waals surface area contributed by atoms with Gasteiger partial charge in [-0.3, -0.25) is 4.79 Å². The van der Waals surface area contributed by atoms with Crippen molar-refractivity contribution in [3.63, 3.8) is 0 Å². The molecule has 0 spiro atoms. The number of amides is 1. The van der Waals surface area contributed by atoms with Crippen molar-refractivity contribution in [1.29, 1.82) is 0 Å². The van der Waals surface area contributed by atoms with Crippen molar-refractivity contribution in [3.05, 3.63) is 18.2 Å². The fourth-order valence-electron chi connectivity index (χ4n) is 1.23. The van der Waals surface area contributed by atoms with Crippen LogP contribution >= 0.6 is 11.6 Å². The number of aromatic nitrogens is 2. The Bertz CT molecular complexity index is 356. The number of imidazole rings is 1. The first-order chi connectivity index (χ1) is 7.54. The van der Waals surface area contributed by atoms with Crippen LogP contribution < -0.4 is 0 Å². The summed E-state index contributed by atoms with van der Waals surface area (Å²) in [4.78, 5) is 16.6. The lowest BCUT2D eigenvalue weighted by atomic mass is 10.3. The standard InChI is InChI=1S/C9H12ClF2N3O/c1-14-4-7(13-6-14)9(16)15(3-2-10)5-8(11)12/h4,6,8H,2-3,5H2,1H3. The van der Waals surface area contributed by atoms with Gasteiger partial charge in [0.05, 0.1) is 12.9 Å². The average Bonchev–Trinajstić information content (AvgIpc) is 2.62. The Balaban J connectivity index is 2.74. The van der Waals surface area contributed by atoms with Crippen molar-refractivity contribution in [2.75, 3.05) is 19.0 Å². The first-order valence-electron chi connectivity index (χ1n) is 4.66. The molecule has 0 atom stereocenters. The largest absolute Gasteiger partial charge is 0.340 e. The SMILES string of the molecule is Cn1cnc(C(=O)N(CCCl)CC(F)F)c1. The van der Waals surface area contributed by atoms with E-state index in [1.165, 1.54) is 12.5 Å². The second kappa shape index (κ2) is 5.79. The Kier molecular flexibility index (Phi) is 4.67. The van der Waals surface area contributed by atoms with Crippen LogP contribution in [0.2, 0.25) is 0 Å². The van der Waals surface area contributed by atoms with Gasteiger partial charge in [-0.2, -0.15) is 0 Å². The number of alkyl halides is 3. The van der Waals surface area contributed by atoms with E-state index in [4.69, 9.17) is 11.6 Å². The minimum Gasteiger partial charge on any atom is -0.340 e. The minimum absolute atomic E-state index is 0.0846. The molecule has 1 heterocycles. The summed E-state index contributed by atoms with van der Waals surface area (Å²) in [5.74, 6) is -0.410. The second-order valence-electron chi connectivity index (χ2n) is 3.26. The smallest absolute Gasteiger partial charge is 0.274 e. The highest BCUT2D eigenvalue weighted by Crippen LogP contribution is 2.05. The molecule has 1 rings (SSSR count). The van der Waals surface area contributed by atoms with Crippen molar-refractivity contribution in [2.24, 2.45) is 7.05 Å². The van der Waals surface area contributed by atoms with Crippen LogP contribution in [0.1, 0.15) is 10.5 Å². The second-order valence-corrected chi connectivity index (χ2v) is 3.63. The van der Waals surface area contributed by atoms with Crippen molar-refractivity contribution < 1.29 is 13.6 Å². The number of carbonyl (C=O) groups excluding carboxylic acids is 1. The van der Waals surface area contributed by atoms with E-state index < -0.39 is 18.9 Å². The summed E-state index contributed by atoms with van der Waals surface area (Å²) in [6, 6.07) is 0. The maximum Gasteiger partial charge on any atom is 0.274 e. The van der Waals surface area contributed by atoms with Crippen molar-refractivity contribution >= 4 is 17.5 Å². The number of aryl methyl sites for hydroxylation is 1. The van der Waals surface area contributed by atoms with Crippen LogP contribution in [-0.2, 0) is 7.05 Å². The highest BCUT2D eigenvalue weighted by molar-refractivity contribution is 6.18. The highest BCUT2D eigenvalue weighted by Gasteiger charge is 2.20. The van der Waals surface area contributed by atoms with E-state index in [1.54, 1.807) is 11.6 Å². The first kappa shape index (κ1) is 12.9. The van der Waals surface area contributed by atoms with Crippen LogP contribution in [0.15, 0.2) is 12.5 Å². The molecular formula is C9H12ClF2N3O. The first-order valence-corrected chi connectivity index (χ1v) is 5.19. The van der Waals surface area contributed by atoms with Crippen molar-refractivity contribution in [2.45, 2.75) is 6.43 Å². The maximum absolute atomic E-state index is 12.2. The van der Waals surface area contributed by atoms with Crippen LogP contribution in [-0.4, -0.2) is 45.8 Å². The quantitative estimate of drug-likeness (QED) is 0.742. The third-order valence-electron chi connectivity index (χ3n) is 1.92. The van der Waals surface area contributed by atoms with E-state index in [2.05, 4.69) is 4.98 Å². The third-order valence-corrected chi connectivity index (χ3v) is 2.09. The zero-order chi connectivity index (χ0) is 12.1. The van der Waals surface area contributed by atoms with Gasteiger partial charge in [0.25, 0.3) is 12.3 Å². The molecule has 0 aliphatic rings. The lowest BCUT2D eigenvalue weighted by Crippen LogP contribution is -2.36. The minimum atomic E-state index is -2.57. The molecule has 90 valence electrons. The van der Waals surface area contributed by atoms with E-state index in [9.17, 15) is 13.6 Å². The van der Waals surface area contributed by atoms with Crippen LogP contribution in [0, 0.1) is 0 Å². The van der Waals surface area contributed by atoms with Gasteiger partial charge in [0.15, 0.2) is 0 Å². The molecule has 4 nitrogen and oxygen atoms in total. The van der Waals surface area contributed by atoms with Gasteiger partial charge < -0.3 is 9.47 Å². The van der Waals surface area contributed by atoms with E-state index in [1.807, 2.05) is 0 Å². The van der Waals surface area contributed by atoms with Crippen molar-refractivity contribution in [1.82, 2.24) is 14.5 Å². The van der Waals surface area contributed by atoms with Gasteiger partial charge in [-0.05, 0) is 0 Å². The van der Waals surface area contributed by atoms with Gasteiger partial charge in [0, 0.05) is 25.7 Å². The fraction of sp³-hybridized carbons (Fsp3) is 0.556. The van der Waals surface area contributed by atoms with Gasteiger partial charge in [-0.25, -0.2) is 13.8 Å². The van der Waals surface area contributed by atoms with Crippen LogP contribution in [0.5, 0.6) is 0 Å². The average molecular weight is 252 g/mol. The molecular weight excluding hydrogens is 240 g/mol. The molecule has 0 aliphatic heterocycles. The van der Waals surface area contributed by atoms with Gasteiger partial charge >= 0.3 is 0 Å². The van der Waals surface area contributed by atoms with Gasteiger partial charge in [-0.1, -0.05) is 0 Å². The molecule has 0 N–H and O–H groups in total. The molecule has 1 amide bonds. The predicted octanol–water partition coefficient (Wildman–Crippen LogP) is 1.37. The van der Waals surface area contributed by atoms with Crippen LogP contribution in [0.4, 0.5) is 8.78 Å². The molecule has 1 aromatic rings. The van der Waals surface area contributed by atoms with Crippen LogP contribution in [0.25, 0.3) is 0 Å². The molecule has 0 saturated heterocycles. The molecule has 0 saturated carbocycles. The molecule has 0 radical (unpaired) electrons. The fourth-order valence-corrected chi connectivity index (χ4v) is 1.43. The zero-order valence-corrected chi connectivity index (χ0v) is 9.49.